The van der Waals surface area contributed by atoms with E-state index in [2.05, 4.69) is 44.0 Å². The van der Waals surface area contributed by atoms with E-state index in [1.165, 1.54) is 38.5 Å². The zero-order valence-corrected chi connectivity index (χ0v) is 13.9. The highest BCUT2D eigenvalue weighted by atomic mass is 32.4. The van der Waals surface area contributed by atoms with Gasteiger partial charge >= 0.3 is 0 Å². The van der Waals surface area contributed by atoms with Gasteiger partial charge in [0.2, 0.25) is 0 Å². The third-order valence-corrected chi connectivity index (χ3v) is 7.76. The Morgan fingerprint density at radius 3 is 2.29 bits per heavy atom. The van der Waals surface area contributed by atoms with Crippen LogP contribution < -0.4 is 0 Å². The van der Waals surface area contributed by atoms with Crippen molar-refractivity contribution in [2.75, 3.05) is 0 Å². The summed E-state index contributed by atoms with van der Waals surface area (Å²) in [5.74, 6) is 0. The van der Waals surface area contributed by atoms with Crippen LogP contribution in [0.5, 0.6) is 0 Å². The molecule has 1 rings (SSSR count). The van der Waals surface area contributed by atoms with Crippen LogP contribution in [0, 0.1) is 0 Å². The Hall–Kier alpha value is 0.237. The first-order valence-corrected chi connectivity index (χ1v) is 12.3. The fourth-order valence-electron chi connectivity index (χ4n) is 2.42. The van der Waals surface area contributed by atoms with Crippen LogP contribution in [0.4, 0.5) is 0 Å². The molecule has 0 aromatic carbocycles. The fraction of sp³-hybridized carbons (Fsp3) is 0.929. The number of rotatable bonds is 5. The summed E-state index contributed by atoms with van der Waals surface area (Å²) in [5, 5.41) is 0.746. The topological polar surface area (TPSA) is 12.4 Å². The fourth-order valence-corrected chi connectivity index (χ4v) is 7.72. The second-order valence-corrected chi connectivity index (χ2v) is 15.9. The zero-order valence-electron chi connectivity index (χ0n) is 12.0. The smallest absolute Gasteiger partial charge is 0.108 e. The summed E-state index contributed by atoms with van der Waals surface area (Å²) in [5.41, 5.74) is 0. The zero-order chi connectivity index (χ0) is 12.7. The molecule has 0 N–H and O–H groups in total. The Bertz CT molecular complexity index is 227. The predicted octanol–water partition coefficient (Wildman–Crippen LogP) is 5.13. The minimum Gasteiger partial charge on any atom is -0.294 e. The van der Waals surface area contributed by atoms with Crippen molar-refractivity contribution in [1.82, 2.24) is 0 Å². The van der Waals surface area contributed by atoms with Crippen LogP contribution in [-0.2, 0) is 0 Å². The van der Waals surface area contributed by atoms with Gasteiger partial charge in [0.1, 0.15) is 7.22 Å². The molecular weight excluding hydrogens is 242 g/mol. The maximum atomic E-state index is 4.79. The van der Waals surface area contributed by atoms with Gasteiger partial charge in [-0.1, -0.05) is 52.2 Å². The van der Waals surface area contributed by atoms with E-state index < -0.39 is 7.22 Å². The lowest BCUT2D eigenvalue weighted by Crippen LogP contribution is -2.19. The molecule has 17 heavy (non-hydrogen) atoms. The third kappa shape index (κ3) is 8.04. The van der Waals surface area contributed by atoms with Gasteiger partial charge in [-0.05, 0) is 19.3 Å². The van der Waals surface area contributed by atoms with E-state index in [0.717, 1.165) is 11.7 Å². The van der Waals surface area contributed by atoms with E-state index in [4.69, 9.17) is 4.99 Å². The van der Waals surface area contributed by atoms with Gasteiger partial charge in [0.05, 0.1) is 0 Å². The summed E-state index contributed by atoms with van der Waals surface area (Å²) in [6, 6.07) is 0.640. The molecule has 0 spiro atoms. The van der Waals surface area contributed by atoms with Gasteiger partial charge in [-0.2, -0.15) is 11.2 Å². The molecule has 0 saturated heterocycles. The molecule has 0 amide bonds. The van der Waals surface area contributed by atoms with Crippen molar-refractivity contribution in [1.29, 1.82) is 0 Å². The minimum absolute atomic E-state index is 0.640. The number of aliphatic imine (C=N–C) groups is 1. The van der Waals surface area contributed by atoms with E-state index in [1.807, 2.05) is 0 Å². The quantitative estimate of drug-likeness (QED) is 0.384. The Kier molecular flexibility index (Phi) is 6.86. The number of hydrogen-bond donors (Lipinski definition) is 0. The predicted molar refractivity (Wildman–Crippen MR) is 85.0 cm³/mol. The summed E-state index contributed by atoms with van der Waals surface area (Å²) in [6.07, 6.45) is 11.7. The van der Waals surface area contributed by atoms with E-state index in [9.17, 15) is 0 Å². The van der Waals surface area contributed by atoms with E-state index in [0.29, 0.717) is 6.04 Å². The van der Waals surface area contributed by atoms with Gasteiger partial charge in [-0.3, -0.25) is 4.99 Å². The van der Waals surface area contributed by atoms with E-state index >= 15 is 0 Å². The molecule has 3 heteroatoms. The Balaban J connectivity index is 2.23. The van der Waals surface area contributed by atoms with Crippen molar-refractivity contribution >= 4 is 24.6 Å². The molecule has 0 heterocycles. The molecule has 0 aromatic heterocycles. The van der Waals surface area contributed by atoms with Crippen molar-refractivity contribution in [3.63, 3.8) is 0 Å². The average molecular weight is 272 g/mol. The number of hydrogen-bond acceptors (Lipinski definition) is 2. The van der Waals surface area contributed by atoms with Crippen molar-refractivity contribution in [3.05, 3.63) is 0 Å². The van der Waals surface area contributed by atoms with Gasteiger partial charge in [0.25, 0.3) is 0 Å². The number of nitrogens with zero attached hydrogens (tertiary/aromatic N) is 1. The van der Waals surface area contributed by atoms with Gasteiger partial charge in [-0.25, -0.2) is 0 Å². The normalized spacial score (nSPS) is 21.6. The summed E-state index contributed by atoms with van der Waals surface area (Å²) in [4.78, 5) is 4.79. The molecule has 0 bridgehead atoms. The molecule has 0 aliphatic heterocycles. The van der Waals surface area contributed by atoms with Crippen LogP contribution in [0.1, 0.15) is 51.9 Å². The molecule has 1 saturated carbocycles. The lowest BCUT2D eigenvalue weighted by Gasteiger charge is -2.20. The van der Waals surface area contributed by atoms with Crippen LogP contribution in [0.15, 0.2) is 4.99 Å². The Morgan fingerprint density at radius 1 is 1.18 bits per heavy atom. The molecule has 1 atom stereocenters. The minimum atomic E-state index is -0.963. The largest absolute Gasteiger partial charge is 0.294 e. The lowest BCUT2D eigenvalue weighted by molar-refractivity contribution is 0.586. The highest BCUT2D eigenvalue weighted by molar-refractivity contribution is 8.29. The molecule has 1 aliphatic rings. The SMILES string of the molecule is CC(CC=NC1CCCCCC1)S[Si](C)(C)C. The Labute approximate surface area is 113 Å². The highest BCUT2D eigenvalue weighted by Crippen LogP contribution is 2.26. The van der Waals surface area contributed by atoms with Crippen LogP contribution in [0.25, 0.3) is 0 Å². The molecule has 1 nitrogen and oxygen atoms in total. The first kappa shape index (κ1) is 15.3. The summed E-state index contributed by atoms with van der Waals surface area (Å²) < 4.78 is 0. The summed E-state index contributed by atoms with van der Waals surface area (Å²) in [7, 11) is -0.963. The van der Waals surface area contributed by atoms with Crippen LogP contribution >= 0.6 is 11.2 Å². The van der Waals surface area contributed by atoms with Gasteiger partial charge in [-0.15, -0.1) is 0 Å². The van der Waals surface area contributed by atoms with Crippen molar-refractivity contribution in [3.8, 4) is 0 Å². The maximum absolute atomic E-state index is 4.79. The van der Waals surface area contributed by atoms with Crippen LogP contribution in [0.2, 0.25) is 19.6 Å². The maximum Gasteiger partial charge on any atom is 0.108 e. The first-order valence-electron chi connectivity index (χ1n) is 7.17. The first-order chi connectivity index (χ1) is 7.97. The third-order valence-electron chi connectivity index (χ3n) is 3.13. The van der Waals surface area contributed by atoms with Gasteiger partial charge in [0.15, 0.2) is 0 Å². The lowest BCUT2D eigenvalue weighted by atomic mass is 10.1. The molecule has 100 valence electrons. The molecule has 1 aliphatic carbocycles. The molecule has 0 radical (unpaired) electrons. The monoisotopic (exact) mass is 271 g/mol. The molecular formula is C14H29NSSi. The Morgan fingerprint density at radius 2 is 1.76 bits per heavy atom. The second kappa shape index (κ2) is 7.62. The summed E-state index contributed by atoms with van der Waals surface area (Å²) in [6.45, 7) is 9.63. The average Bonchev–Trinajstić information content (AvgIpc) is 2.43. The second-order valence-electron chi connectivity index (χ2n) is 6.25. The van der Waals surface area contributed by atoms with E-state index in [-0.39, 0.29) is 0 Å². The summed E-state index contributed by atoms with van der Waals surface area (Å²) >= 11 is 2.20. The van der Waals surface area contributed by atoms with Crippen molar-refractivity contribution in [2.45, 2.75) is 82.8 Å². The van der Waals surface area contributed by atoms with Crippen LogP contribution in [0.3, 0.4) is 0 Å². The van der Waals surface area contributed by atoms with Crippen molar-refractivity contribution in [2.24, 2.45) is 4.99 Å². The highest BCUT2D eigenvalue weighted by Gasteiger charge is 2.17. The van der Waals surface area contributed by atoms with Gasteiger partial charge < -0.3 is 0 Å². The van der Waals surface area contributed by atoms with E-state index in [1.54, 1.807) is 0 Å². The van der Waals surface area contributed by atoms with Crippen LogP contribution in [-0.4, -0.2) is 24.7 Å². The molecule has 1 fully saturated rings. The van der Waals surface area contributed by atoms with Crippen molar-refractivity contribution < 1.29 is 0 Å². The standard InChI is InChI=1S/C14H29NSSi/c1-13(16-17(2,3)4)11-12-15-14-9-7-5-6-8-10-14/h12-14H,5-11H2,1-4H3. The van der Waals surface area contributed by atoms with Gasteiger partial charge in [0, 0.05) is 17.5 Å². The molecule has 0 aromatic rings. The molecule has 1 unspecified atom stereocenters.